The molecule has 1 unspecified atom stereocenters. The number of hydrogen-bond donors (Lipinski definition) is 2. The molecule has 5 heteroatoms. The zero-order valence-electron chi connectivity index (χ0n) is 15.5. The van der Waals surface area contributed by atoms with Crippen molar-refractivity contribution in [2.75, 3.05) is 12.3 Å². The molecule has 0 radical (unpaired) electrons. The fraction of sp³-hybridized carbons (Fsp3) is 0.450. The zero-order chi connectivity index (χ0) is 18.4. The van der Waals surface area contributed by atoms with Gasteiger partial charge in [0.15, 0.2) is 5.75 Å². The van der Waals surface area contributed by atoms with Crippen LogP contribution in [0.15, 0.2) is 34.8 Å². The lowest BCUT2D eigenvalue weighted by molar-refractivity contribution is 0.238. The van der Waals surface area contributed by atoms with Crippen LogP contribution in [0.1, 0.15) is 47.0 Å². The van der Waals surface area contributed by atoms with Gasteiger partial charge in [-0.3, -0.25) is 4.79 Å². The van der Waals surface area contributed by atoms with Gasteiger partial charge in [-0.05, 0) is 43.5 Å². The van der Waals surface area contributed by atoms with E-state index in [0.717, 1.165) is 30.4 Å². The number of nitrogen functional groups attached to an aromatic ring is 1. The number of pyridine rings is 1. The first kappa shape index (κ1) is 18.9. The van der Waals surface area contributed by atoms with Gasteiger partial charge in [0.2, 0.25) is 5.75 Å². The summed E-state index contributed by atoms with van der Waals surface area (Å²) in [6.07, 6.45) is 4.76. The quantitative estimate of drug-likeness (QED) is 0.541. The van der Waals surface area contributed by atoms with Crippen molar-refractivity contribution < 1.29 is 9.47 Å². The van der Waals surface area contributed by atoms with Crippen molar-refractivity contribution in [3.8, 4) is 11.5 Å². The minimum absolute atomic E-state index is 0.230. The smallest absolute Gasteiger partial charge is 0.294 e. The van der Waals surface area contributed by atoms with Gasteiger partial charge in [-0.2, -0.15) is 0 Å². The Bertz CT molecular complexity index is 808. The Kier molecular flexibility index (Phi) is 6.51. The molecular formula is C20H28N2O3. The van der Waals surface area contributed by atoms with E-state index in [1.165, 1.54) is 0 Å². The van der Waals surface area contributed by atoms with Crippen LogP contribution in [-0.2, 0) is 0 Å². The van der Waals surface area contributed by atoms with Gasteiger partial charge < -0.3 is 20.2 Å². The lowest BCUT2D eigenvalue weighted by Crippen LogP contribution is -2.17. The van der Waals surface area contributed by atoms with Crippen LogP contribution >= 0.6 is 0 Å². The fourth-order valence-electron chi connectivity index (χ4n) is 2.77. The lowest BCUT2D eigenvalue weighted by Gasteiger charge is -2.17. The minimum Gasteiger partial charge on any atom is -0.485 e. The van der Waals surface area contributed by atoms with Gasteiger partial charge in [-0.25, -0.2) is 0 Å². The summed E-state index contributed by atoms with van der Waals surface area (Å²) in [5.41, 5.74) is 6.76. The van der Waals surface area contributed by atoms with Crippen LogP contribution in [0.5, 0.6) is 11.5 Å². The van der Waals surface area contributed by atoms with Crippen molar-refractivity contribution in [3.63, 3.8) is 0 Å². The number of aromatic nitrogens is 1. The number of H-pyrrole nitrogens is 1. The van der Waals surface area contributed by atoms with Gasteiger partial charge in [0.25, 0.3) is 5.56 Å². The van der Waals surface area contributed by atoms with Crippen LogP contribution in [-0.4, -0.2) is 11.6 Å². The van der Waals surface area contributed by atoms with E-state index >= 15 is 0 Å². The van der Waals surface area contributed by atoms with E-state index in [4.69, 9.17) is 15.2 Å². The summed E-state index contributed by atoms with van der Waals surface area (Å²) in [6.45, 7) is 8.65. The van der Waals surface area contributed by atoms with Gasteiger partial charge in [0, 0.05) is 17.5 Å². The molecule has 0 aliphatic carbocycles. The van der Waals surface area contributed by atoms with Gasteiger partial charge in [0.1, 0.15) is 0 Å². The van der Waals surface area contributed by atoms with Crippen molar-refractivity contribution in [1.82, 2.24) is 4.98 Å². The number of fused-ring (bicyclic) bond motifs is 1. The van der Waals surface area contributed by atoms with Crippen molar-refractivity contribution in [3.05, 3.63) is 40.4 Å². The molecule has 0 saturated heterocycles. The van der Waals surface area contributed by atoms with Gasteiger partial charge in [-0.1, -0.05) is 27.2 Å². The number of allylic oxidation sites excluding steroid dienone is 2. The molecule has 5 nitrogen and oxygen atoms in total. The number of nitrogens with one attached hydrogen (secondary N) is 1. The highest BCUT2D eigenvalue weighted by Crippen LogP contribution is 2.34. The first-order valence-corrected chi connectivity index (χ1v) is 8.91. The third-order valence-electron chi connectivity index (χ3n) is 4.15. The normalized spacial score (nSPS) is 13.0. The standard InChI is InChI=1S/C20H28N2O3/c1-5-8-13(4)12-24-19-18(25-15(6-2)7-3)16-10-9-14(21)11-17(16)22-20(19)23/h6,9-11,13H,5,7-8,12,21H2,1-4H3,(H,22,23). The molecular weight excluding hydrogens is 316 g/mol. The summed E-state index contributed by atoms with van der Waals surface area (Å²) in [7, 11) is 0. The fourth-order valence-corrected chi connectivity index (χ4v) is 2.77. The van der Waals surface area contributed by atoms with Crippen LogP contribution in [0.4, 0.5) is 5.69 Å². The highest BCUT2D eigenvalue weighted by molar-refractivity contribution is 5.89. The SMILES string of the molecule is CC=C(CC)Oc1c(OCC(C)CCC)c(=O)[nH]c2cc(N)ccc12. The van der Waals surface area contributed by atoms with Crippen molar-refractivity contribution in [2.45, 2.75) is 47.0 Å². The number of benzene rings is 1. The average molecular weight is 344 g/mol. The predicted octanol–water partition coefficient (Wildman–Crippen LogP) is 4.62. The third kappa shape index (κ3) is 4.56. The number of anilines is 1. The molecule has 0 fully saturated rings. The van der Waals surface area contributed by atoms with Crippen LogP contribution in [0, 0.1) is 5.92 Å². The summed E-state index contributed by atoms with van der Waals surface area (Å²) in [4.78, 5) is 15.4. The highest BCUT2D eigenvalue weighted by atomic mass is 16.5. The molecule has 1 aromatic heterocycles. The van der Waals surface area contributed by atoms with E-state index in [1.54, 1.807) is 12.1 Å². The second-order valence-electron chi connectivity index (χ2n) is 6.33. The number of aromatic amines is 1. The molecule has 0 amide bonds. The van der Waals surface area contributed by atoms with Gasteiger partial charge in [0.05, 0.1) is 17.9 Å². The number of nitrogens with two attached hydrogens (primary N) is 1. The molecule has 25 heavy (non-hydrogen) atoms. The second kappa shape index (κ2) is 8.60. The average Bonchev–Trinajstić information content (AvgIpc) is 2.58. The molecule has 1 heterocycles. The Balaban J connectivity index is 2.52. The summed E-state index contributed by atoms with van der Waals surface area (Å²) >= 11 is 0. The summed E-state index contributed by atoms with van der Waals surface area (Å²) in [5.74, 6) is 1.84. The maximum Gasteiger partial charge on any atom is 0.294 e. The van der Waals surface area contributed by atoms with E-state index in [-0.39, 0.29) is 11.3 Å². The molecule has 0 aliphatic rings. The Morgan fingerprint density at radius 1 is 1.32 bits per heavy atom. The highest BCUT2D eigenvalue weighted by Gasteiger charge is 2.18. The first-order chi connectivity index (χ1) is 12.0. The molecule has 0 aliphatic heterocycles. The third-order valence-corrected chi connectivity index (χ3v) is 4.15. The molecule has 136 valence electrons. The molecule has 3 N–H and O–H groups in total. The van der Waals surface area contributed by atoms with E-state index in [2.05, 4.69) is 18.8 Å². The topological polar surface area (TPSA) is 77.3 Å². The van der Waals surface area contributed by atoms with Crippen molar-refractivity contribution in [1.29, 1.82) is 0 Å². The Morgan fingerprint density at radius 3 is 2.72 bits per heavy atom. The molecule has 0 saturated carbocycles. The molecule has 0 spiro atoms. The minimum atomic E-state index is -0.302. The molecule has 2 rings (SSSR count). The van der Waals surface area contributed by atoms with E-state index in [0.29, 0.717) is 29.5 Å². The Morgan fingerprint density at radius 2 is 2.08 bits per heavy atom. The zero-order valence-corrected chi connectivity index (χ0v) is 15.5. The largest absolute Gasteiger partial charge is 0.485 e. The maximum atomic E-state index is 12.6. The van der Waals surface area contributed by atoms with E-state index in [9.17, 15) is 4.79 Å². The van der Waals surface area contributed by atoms with E-state index < -0.39 is 0 Å². The summed E-state index contributed by atoms with van der Waals surface area (Å²) in [5, 5.41) is 0.778. The predicted molar refractivity (Wildman–Crippen MR) is 103 cm³/mol. The maximum absolute atomic E-state index is 12.6. The monoisotopic (exact) mass is 344 g/mol. The van der Waals surface area contributed by atoms with Crippen molar-refractivity contribution >= 4 is 16.6 Å². The van der Waals surface area contributed by atoms with Gasteiger partial charge >= 0.3 is 0 Å². The van der Waals surface area contributed by atoms with Crippen LogP contribution in [0.2, 0.25) is 0 Å². The van der Waals surface area contributed by atoms with Gasteiger partial charge in [-0.15, -0.1) is 0 Å². The van der Waals surface area contributed by atoms with Crippen molar-refractivity contribution in [2.24, 2.45) is 5.92 Å². The molecule has 2 aromatic rings. The first-order valence-electron chi connectivity index (χ1n) is 8.91. The van der Waals surface area contributed by atoms with Crippen LogP contribution in [0.3, 0.4) is 0 Å². The Hall–Kier alpha value is -2.43. The Labute approximate surface area is 148 Å². The molecule has 0 bridgehead atoms. The summed E-state index contributed by atoms with van der Waals surface area (Å²) < 4.78 is 11.9. The number of hydrogen-bond acceptors (Lipinski definition) is 4. The molecule has 1 atom stereocenters. The lowest BCUT2D eigenvalue weighted by atomic mass is 10.1. The number of rotatable bonds is 8. The van der Waals surface area contributed by atoms with Crippen LogP contribution in [0.25, 0.3) is 10.9 Å². The van der Waals surface area contributed by atoms with E-state index in [1.807, 2.05) is 26.0 Å². The van der Waals surface area contributed by atoms with Crippen LogP contribution < -0.4 is 20.8 Å². The molecule has 1 aromatic carbocycles. The number of ether oxygens (including phenoxy) is 2. The second-order valence-corrected chi connectivity index (χ2v) is 6.33. The summed E-state index contributed by atoms with van der Waals surface area (Å²) in [6, 6.07) is 5.37.